The van der Waals surface area contributed by atoms with Crippen molar-refractivity contribution in [3.05, 3.63) is 53.6 Å². The van der Waals surface area contributed by atoms with E-state index in [0.29, 0.717) is 5.57 Å². The standard InChI is InChI=1S/C21H21NO3/c1-24-19-11-10-14(13-20(19)25-15-6-2-3-7-15)12-17-16-8-4-5-9-18(16)22-21(17)23/h4-5,8-13,15H,2-3,6-7H2,1H3,(H,22,23). The van der Waals surface area contributed by atoms with Crippen LogP contribution >= 0.6 is 0 Å². The van der Waals surface area contributed by atoms with E-state index in [1.807, 2.05) is 48.5 Å². The number of carbonyl (C=O) groups is 1. The van der Waals surface area contributed by atoms with Crippen molar-refractivity contribution in [2.24, 2.45) is 0 Å². The summed E-state index contributed by atoms with van der Waals surface area (Å²) in [5.41, 5.74) is 3.39. The number of hydrogen-bond donors (Lipinski definition) is 1. The molecule has 0 spiro atoms. The van der Waals surface area contributed by atoms with Crippen LogP contribution in [-0.2, 0) is 4.79 Å². The lowest BCUT2D eigenvalue weighted by molar-refractivity contribution is -0.110. The van der Waals surface area contributed by atoms with Crippen molar-refractivity contribution < 1.29 is 14.3 Å². The van der Waals surface area contributed by atoms with Crippen LogP contribution in [0, 0.1) is 0 Å². The zero-order valence-corrected chi connectivity index (χ0v) is 14.2. The van der Waals surface area contributed by atoms with Crippen molar-refractivity contribution in [1.82, 2.24) is 0 Å². The Bertz CT molecular complexity index is 835. The lowest BCUT2D eigenvalue weighted by Gasteiger charge is -2.16. The zero-order chi connectivity index (χ0) is 17.2. The molecule has 2 aromatic carbocycles. The molecule has 1 saturated carbocycles. The molecule has 1 heterocycles. The molecular formula is C21H21NO3. The Morgan fingerprint density at radius 2 is 1.88 bits per heavy atom. The monoisotopic (exact) mass is 335 g/mol. The number of methoxy groups -OCH3 is 1. The molecule has 4 nitrogen and oxygen atoms in total. The van der Waals surface area contributed by atoms with E-state index in [1.54, 1.807) is 7.11 Å². The first-order valence-corrected chi connectivity index (χ1v) is 8.72. The number of fused-ring (bicyclic) bond motifs is 1. The molecule has 0 bridgehead atoms. The number of carbonyl (C=O) groups excluding carboxylic acids is 1. The number of rotatable bonds is 4. The van der Waals surface area contributed by atoms with E-state index in [4.69, 9.17) is 9.47 Å². The lowest BCUT2D eigenvalue weighted by atomic mass is 10.0. The largest absolute Gasteiger partial charge is 0.493 e. The molecule has 128 valence electrons. The number of amides is 1. The first-order valence-electron chi connectivity index (χ1n) is 8.72. The summed E-state index contributed by atoms with van der Waals surface area (Å²) >= 11 is 0. The summed E-state index contributed by atoms with van der Waals surface area (Å²) in [6.07, 6.45) is 6.77. The third-order valence-corrected chi connectivity index (χ3v) is 4.80. The molecule has 0 aromatic heterocycles. The van der Waals surface area contributed by atoms with E-state index in [1.165, 1.54) is 12.8 Å². The highest BCUT2D eigenvalue weighted by atomic mass is 16.5. The van der Waals surface area contributed by atoms with Crippen LogP contribution in [0.5, 0.6) is 11.5 Å². The Kier molecular flexibility index (Phi) is 4.18. The van der Waals surface area contributed by atoms with Crippen molar-refractivity contribution in [2.75, 3.05) is 12.4 Å². The van der Waals surface area contributed by atoms with Gasteiger partial charge in [0.05, 0.1) is 13.2 Å². The van der Waals surface area contributed by atoms with E-state index in [0.717, 1.165) is 41.2 Å². The van der Waals surface area contributed by atoms with E-state index in [-0.39, 0.29) is 12.0 Å². The average Bonchev–Trinajstić information content (AvgIpc) is 3.24. The third-order valence-electron chi connectivity index (χ3n) is 4.80. The highest BCUT2D eigenvalue weighted by Gasteiger charge is 2.24. The fourth-order valence-corrected chi connectivity index (χ4v) is 3.51. The van der Waals surface area contributed by atoms with E-state index < -0.39 is 0 Å². The molecule has 0 saturated heterocycles. The average molecular weight is 335 g/mol. The summed E-state index contributed by atoms with van der Waals surface area (Å²) < 4.78 is 11.6. The number of para-hydroxylation sites is 1. The smallest absolute Gasteiger partial charge is 0.256 e. The van der Waals surface area contributed by atoms with Gasteiger partial charge in [0.2, 0.25) is 0 Å². The quantitative estimate of drug-likeness (QED) is 0.836. The maximum absolute atomic E-state index is 12.3. The van der Waals surface area contributed by atoms with Crippen molar-refractivity contribution in [3.8, 4) is 11.5 Å². The molecule has 0 unspecified atom stereocenters. The highest BCUT2D eigenvalue weighted by Crippen LogP contribution is 2.36. The van der Waals surface area contributed by atoms with Crippen LogP contribution in [0.1, 0.15) is 36.8 Å². The number of anilines is 1. The minimum Gasteiger partial charge on any atom is -0.493 e. The normalized spacial score (nSPS) is 18.3. The van der Waals surface area contributed by atoms with Crippen LogP contribution in [0.3, 0.4) is 0 Å². The SMILES string of the molecule is COc1ccc(C=C2C(=O)Nc3ccccc32)cc1OC1CCCC1. The molecule has 25 heavy (non-hydrogen) atoms. The van der Waals surface area contributed by atoms with Crippen molar-refractivity contribution in [2.45, 2.75) is 31.8 Å². The van der Waals surface area contributed by atoms with Gasteiger partial charge >= 0.3 is 0 Å². The molecule has 1 aliphatic heterocycles. The second kappa shape index (κ2) is 6.63. The van der Waals surface area contributed by atoms with Gasteiger partial charge in [0, 0.05) is 16.8 Å². The number of ether oxygens (including phenoxy) is 2. The first-order chi connectivity index (χ1) is 12.2. The summed E-state index contributed by atoms with van der Waals surface area (Å²) in [5.74, 6) is 1.40. The maximum atomic E-state index is 12.3. The fraction of sp³-hybridized carbons (Fsp3) is 0.286. The first kappa shape index (κ1) is 15.8. The highest BCUT2D eigenvalue weighted by molar-refractivity contribution is 6.34. The zero-order valence-electron chi connectivity index (χ0n) is 14.2. The molecule has 2 aromatic rings. The molecule has 0 radical (unpaired) electrons. The maximum Gasteiger partial charge on any atom is 0.256 e. The number of nitrogens with one attached hydrogen (secondary N) is 1. The second-order valence-corrected chi connectivity index (χ2v) is 6.49. The van der Waals surface area contributed by atoms with Gasteiger partial charge in [-0.05, 0) is 55.5 Å². The van der Waals surface area contributed by atoms with Gasteiger partial charge in [0.1, 0.15) is 0 Å². The summed E-state index contributed by atoms with van der Waals surface area (Å²) in [6, 6.07) is 13.5. The van der Waals surface area contributed by atoms with Crippen molar-refractivity contribution in [3.63, 3.8) is 0 Å². The molecule has 0 atom stereocenters. The molecule has 1 fully saturated rings. The Morgan fingerprint density at radius 1 is 1.08 bits per heavy atom. The fourth-order valence-electron chi connectivity index (χ4n) is 3.51. The predicted octanol–water partition coefficient (Wildman–Crippen LogP) is 4.51. The Balaban J connectivity index is 1.67. The van der Waals surface area contributed by atoms with E-state index >= 15 is 0 Å². The summed E-state index contributed by atoms with van der Waals surface area (Å²) in [4.78, 5) is 12.3. The number of benzene rings is 2. The van der Waals surface area contributed by atoms with Crippen LogP contribution < -0.4 is 14.8 Å². The molecule has 1 aliphatic carbocycles. The van der Waals surface area contributed by atoms with Gasteiger partial charge in [-0.1, -0.05) is 24.3 Å². The minimum atomic E-state index is -0.0738. The van der Waals surface area contributed by atoms with Crippen LogP contribution in [0.25, 0.3) is 11.6 Å². The van der Waals surface area contributed by atoms with Crippen LogP contribution in [0.4, 0.5) is 5.69 Å². The van der Waals surface area contributed by atoms with E-state index in [9.17, 15) is 4.79 Å². The molecule has 4 rings (SSSR count). The van der Waals surface area contributed by atoms with Gasteiger partial charge in [0.15, 0.2) is 11.5 Å². The minimum absolute atomic E-state index is 0.0738. The molecule has 1 N–H and O–H groups in total. The van der Waals surface area contributed by atoms with Gasteiger partial charge < -0.3 is 14.8 Å². The molecular weight excluding hydrogens is 314 g/mol. The second-order valence-electron chi connectivity index (χ2n) is 6.49. The van der Waals surface area contributed by atoms with Gasteiger partial charge in [0.25, 0.3) is 5.91 Å². The topological polar surface area (TPSA) is 47.6 Å². The van der Waals surface area contributed by atoms with Crippen molar-refractivity contribution in [1.29, 1.82) is 0 Å². The lowest BCUT2D eigenvalue weighted by Crippen LogP contribution is -2.11. The van der Waals surface area contributed by atoms with Crippen molar-refractivity contribution >= 4 is 23.2 Å². The summed E-state index contributed by atoms with van der Waals surface area (Å²) in [6.45, 7) is 0. The molecule has 4 heteroatoms. The Hall–Kier alpha value is -2.75. The van der Waals surface area contributed by atoms with Gasteiger partial charge in [-0.25, -0.2) is 0 Å². The van der Waals surface area contributed by atoms with Crippen LogP contribution in [0.2, 0.25) is 0 Å². The molecule has 1 amide bonds. The van der Waals surface area contributed by atoms with E-state index in [2.05, 4.69) is 5.32 Å². The van der Waals surface area contributed by atoms with Crippen LogP contribution in [-0.4, -0.2) is 19.1 Å². The van der Waals surface area contributed by atoms with Gasteiger partial charge in [-0.3, -0.25) is 4.79 Å². The van der Waals surface area contributed by atoms with Gasteiger partial charge in [-0.15, -0.1) is 0 Å². The van der Waals surface area contributed by atoms with Crippen LogP contribution in [0.15, 0.2) is 42.5 Å². The summed E-state index contributed by atoms with van der Waals surface area (Å²) in [7, 11) is 1.65. The summed E-state index contributed by atoms with van der Waals surface area (Å²) in [5, 5.41) is 2.90. The Labute approximate surface area is 147 Å². The molecule has 2 aliphatic rings. The third kappa shape index (κ3) is 3.12. The Morgan fingerprint density at radius 3 is 2.68 bits per heavy atom. The predicted molar refractivity (Wildman–Crippen MR) is 98.8 cm³/mol. The number of hydrogen-bond acceptors (Lipinski definition) is 3. The van der Waals surface area contributed by atoms with Gasteiger partial charge in [-0.2, -0.15) is 0 Å².